The summed E-state index contributed by atoms with van der Waals surface area (Å²) in [5, 5.41) is 0. The van der Waals surface area contributed by atoms with Gasteiger partial charge in [0.1, 0.15) is 5.75 Å². The van der Waals surface area contributed by atoms with E-state index in [0.29, 0.717) is 11.3 Å². The van der Waals surface area contributed by atoms with Crippen LogP contribution in [0.1, 0.15) is 30.1 Å². The Morgan fingerprint density at radius 2 is 2.11 bits per heavy atom. The van der Waals surface area contributed by atoms with E-state index in [-0.39, 0.29) is 5.91 Å². The molecule has 2 rings (SSSR count). The van der Waals surface area contributed by atoms with Crippen LogP contribution >= 0.6 is 15.9 Å². The van der Waals surface area contributed by atoms with Crippen molar-refractivity contribution in [2.24, 2.45) is 0 Å². The highest BCUT2D eigenvalue weighted by atomic mass is 79.9. The van der Waals surface area contributed by atoms with Crippen LogP contribution in [0.5, 0.6) is 5.75 Å². The monoisotopic (exact) mass is 325 g/mol. The van der Waals surface area contributed by atoms with E-state index in [4.69, 9.17) is 4.74 Å². The lowest BCUT2D eigenvalue weighted by molar-refractivity contribution is -0.136. The number of aldehydes is 1. The molecule has 1 aromatic carbocycles. The van der Waals surface area contributed by atoms with Gasteiger partial charge in [-0.3, -0.25) is 9.59 Å². The minimum atomic E-state index is -0.571. The third-order valence-electron chi connectivity index (χ3n) is 3.17. The minimum absolute atomic E-state index is 0.0164. The van der Waals surface area contributed by atoms with Crippen molar-refractivity contribution in [3.63, 3.8) is 0 Å². The van der Waals surface area contributed by atoms with E-state index in [1.165, 1.54) is 0 Å². The Morgan fingerprint density at radius 1 is 1.42 bits per heavy atom. The standard InChI is InChI=1S/C14H16BrNO3/c1-10(14(18)16-6-2-3-7-16)19-13-5-4-12(15)8-11(13)9-17/h4-5,8-10H,2-3,6-7H2,1H3. The minimum Gasteiger partial charge on any atom is -0.480 e. The maximum absolute atomic E-state index is 12.1. The quantitative estimate of drug-likeness (QED) is 0.799. The SMILES string of the molecule is CC(Oc1ccc(Br)cc1C=O)C(=O)N1CCCC1. The highest BCUT2D eigenvalue weighted by Crippen LogP contribution is 2.23. The van der Waals surface area contributed by atoms with Gasteiger partial charge in [-0.05, 0) is 38.0 Å². The summed E-state index contributed by atoms with van der Waals surface area (Å²) in [7, 11) is 0. The summed E-state index contributed by atoms with van der Waals surface area (Å²) < 4.78 is 6.43. The summed E-state index contributed by atoms with van der Waals surface area (Å²) in [5.41, 5.74) is 0.440. The van der Waals surface area contributed by atoms with Crippen molar-refractivity contribution in [3.8, 4) is 5.75 Å². The second-order valence-electron chi connectivity index (χ2n) is 4.59. The molecule has 1 atom stereocenters. The lowest BCUT2D eigenvalue weighted by Crippen LogP contribution is -2.38. The second kappa shape index (κ2) is 6.19. The van der Waals surface area contributed by atoms with Gasteiger partial charge in [-0.15, -0.1) is 0 Å². The van der Waals surface area contributed by atoms with E-state index < -0.39 is 6.10 Å². The molecule has 4 nitrogen and oxygen atoms in total. The average molecular weight is 326 g/mol. The second-order valence-corrected chi connectivity index (χ2v) is 5.51. The number of rotatable bonds is 4. The van der Waals surface area contributed by atoms with Gasteiger partial charge in [0.15, 0.2) is 12.4 Å². The summed E-state index contributed by atoms with van der Waals surface area (Å²) in [6.45, 7) is 3.32. The topological polar surface area (TPSA) is 46.6 Å². The highest BCUT2D eigenvalue weighted by molar-refractivity contribution is 9.10. The Kier molecular flexibility index (Phi) is 4.58. The van der Waals surface area contributed by atoms with Crippen molar-refractivity contribution in [2.75, 3.05) is 13.1 Å². The number of ether oxygens (including phenoxy) is 1. The molecule has 1 aliphatic heterocycles. The zero-order chi connectivity index (χ0) is 13.8. The van der Waals surface area contributed by atoms with Crippen LogP contribution < -0.4 is 4.74 Å². The molecule has 1 amide bonds. The van der Waals surface area contributed by atoms with Crippen LogP contribution in [0, 0.1) is 0 Å². The molecule has 1 fully saturated rings. The van der Waals surface area contributed by atoms with Gasteiger partial charge in [-0.2, -0.15) is 0 Å². The first-order chi connectivity index (χ1) is 9.11. The molecule has 102 valence electrons. The number of carbonyl (C=O) groups excluding carboxylic acids is 2. The fourth-order valence-corrected chi connectivity index (χ4v) is 2.53. The highest BCUT2D eigenvalue weighted by Gasteiger charge is 2.25. The number of hydrogen-bond acceptors (Lipinski definition) is 3. The number of hydrogen-bond donors (Lipinski definition) is 0. The van der Waals surface area contributed by atoms with Crippen LogP contribution in [0.3, 0.4) is 0 Å². The Labute approximate surface area is 120 Å². The van der Waals surface area contributed by atoms with Gasteiger partial charge in [0.25, 0.3) is 5.91 Å². The smallest absolute Gasteiger partial charge is 0.263 e. The van der Waals surface area contributed by atoms with Crippen LogP contribution in [0.2, 0.25) is 0 Å². The van der Waals surface area contributed by atoms with Crippen LogP contribution in [-0.4, -0.2) is 36.3 Å². The van der Waals surface area contributed by atoms with Gasteiger partial charge in [0, 0.05) is 17.6 Å². The molecule has 0 spiro atoms. The molecule has 0 aromatic heterocycles. The average Bonchev–Trinajstić information content (AvgIpc) is 2.93. The fraction of sp³-hybridized carbons (Fsp3) is 0.429. The van der Waals surface area contributed by atoms with Crippen molar-refractivity contribution in [2.45, 2.75) is 25.9 Å². The number of carbonyl (C=O) groups is 2. The molecule has 1 unspecified atom stereocenters. The van der Waals surface area contributed by atoms with Gasteiger partial charge >= 0.3 is 0 Å². The molecule has 1 heterocycles. The fourth-order valence-electron chi connectivity index (χ4n) is 2.15. The van der Waals surface area contributed by atoms with Gasteiger partial charge in [-0.1, -0.05) is 15.9 Å². The van der Waals surface area contributed by atoms with Gasteiger partial charge in [-0.25, -0.2) is 0 Å². The summed E-state index contributed by atoms with van der Waals surface area (Å²) in [6.07, 6.45) is 2.26. The summed E-state index contributed by atoms with van der Waals surface area (Å²) in [5.74, 6) is 0.426. The van der Waals surface area contributed by atoms with E-state index >= 15 is 0 Å². The molecule has 5 heteroatoms. The Bertz CT molecular complexity index is 484. The van der Waals surface area contributed by atoms with Crippen molar-refractivity contribution < 1.29 is 14.3 Å². The number of likely N-dealkylation sites (tertiary alicyclic amines) is 1. The lowest BCUT2D eigenvalue weighted by atomic mass is 10.2. The normalized spacial score (nSPS) is 16.2. The maximum atomic E-state index is 12.1. The third kappa shape index (κ3) is 3.35. The number of benzene rings is 1. The lowest BCUT2D eigenvalue weighted by Gasteiger charge is -2.21. The Morgan fingerprint density at radius 3 is 2.74 bits per heavy atom. The molecule has 1 aromatic rings. The van der Waals surface area contributed by atoms with Gasteiger partial charge in [0.05, 0.1) is 5.56 Å². The molecule has 0 radical (unpaired) electrons. The first-order valence-corrected chi connectivity index (χ1v) is 7.11. The molecule has 19 heavy (non-hydrogen) atoms. The first kappa shape index (κ1) is 14.1. The zero-order valence-corrected chi connectivity index (χ0v) is 12.4. The van der Waals surface area contributed by atoms with E-state index in [1.54, 1.807) is 25.1 Å². The number of nitrogens with zero attached hydrogens (tertiary/aromatic N) is 1. The van der Waals surface area contributed by atoms with Crippen molar-refractivity contribution in [1.29, 1.82) is 0 Å². The molecule has 0 saturated carbocycles. The molecule has 0 N–H and O–H groups in total. The Hall–Kier alpha value is -1.36. The van der Waals surface area contributed by atoms with Crippen LogP contribution in [0.4, 0.5) is 0 Å². The molecule has 1 saturated heterocycles. The third-order valence-corrected chi connectivity index (χ3v) is 3.66. The molecular weight excluding hydrogens is 310 g/mol. The largest absolute Gasteiger partial charge is 0.480 e. The van der Waals surface area contributed by atoms with Crippen LogP contribution in [0.25, 0.3) is 0 Å². The molecule has 0 aliphatic carbocycles. The van der Waals surface area contributed by atoms with E-state index in [2.05, 4.69) is 15.9 Å². The Balaban J connectivity index is 2.07. The van der Waals surface area contributed by atoms with E-state index in [0.717, 1.165) is 36.7 Å². The number of amides is 1. The summed E-state index contributed by atoms with van der Waals surface area (Å²) in [6, 6.07) is 5.16. The van der Waals surface area contributed by atoms with Gasteiger partial charge in [0.2, 0.25) is 0 Å². The van der Waals surface area contributed by atoms with Gasteiger partial charge < -0.3 is 9.64 Å². The van der Waals surface area contributed by atoms with E-state index in [9.17, 15) is 9.59 Å². The molecule has 1 aliphatic rings. The predicted octanol–water partition coefficient (Wildman–Crippen LogP) is 2.65. The molecule has 0 bridgehead atoms. The van der Waals surface area contributed by atoms with Crippen LogP contribution in [-0.2, 0) is 4.79 Å². The zero-order valence-electron chi connectivity index (χ0n) is 10.8. The predicted molar refractivity (Wildman–Crippen MR) is 75.4 cm³/mol. The summed E-state index contributed by atoms with van der Waals surface area (Å²) >= 11 is 3.30. The maximum Gasteiger partial charge on any atom is 0.263 e. The van der Waals surface area contributed by atoms with Crippen molar-refractivity contribution in [3.05, 3.63) is 28.2 Å². The molecular formula is C14H16BrNO3. The first-order valence-electron chi connectivity index (χ1n) is 6.32. The number of halogens is 1. The van der Waals surface area contributed by atoms with Crippen molar-refractivity contribution in [1.82, 2.24) is 4.90 Å². The van der Waals surface area contributed by atoms with Crippen LogP contribution in [0.15, 0.2) is 22.7 Å². The van der Waals surface area contributed by atoms with E-state index in [1.807, 2.05) is 4.90 Å². The van der Waals surface area contributed by atoms with Crippen molar-refractivity contribution >= 4 is 28.1 Å². The summed E-state index contributed by atoms with van der Waals surface area (Å²) in [4.78, 5) is 24.9.